The largest absolute Gasteiger partial charge is 0.481 e. The number of nitrogens with zero attached hydrogens (tertiary/aromatic N) is 2. The van der Waals surface area contributed by atoms with E-state index in [0.717, 1.165) is 0 Å². The highest BCUT2D eigenvalue weighted by molar-refractivity contribution is 7.98. The van der Waals surface area contributed by atoms with Crippen LogP contribution in [0, 0.1) is 0 Å². The lowest BCUT2D eigenvalue weighted by molar-refractivity contribution is -0.151. The minimum atomic E-state index is -1.22. The van der Waals surface area contributed by atoms with Gasteiger partial charge in [-0.25, -0.2) is 0 Å². The Kier molecular flexibility index (Phi) is 4.77. The van der Waals surface area contributed by atoms with E-state index in [2.05, 4.69) is 14.9 Å². The highest BCUT2D eigenvalue weighted by atomic mass is 32.2. The quantitative estimate of drug-likeness (QED) is 0.436. The van der Waals surface area contributed by atoms with Gasteiger partial charge in [-0.05, 0) is 6.26 Å². The summed E-state index contributed by atoms with van der Waals surface area (Å²) >= 11 is 1.31. The van der Waals surface area contributed by atoms with Crippen molar-refractivity contribution >= 4 is 23.7 Å². The molecule has 8 heteroatoms. The van der Waals surface area contributed by atoms with Gasteiger partial charge in [0.25, 0.3) is 5.22 Å². The zero-order valence-electron chi connectivity index (χ0n) is 8.50. The van der Waals surface area contributed by atoms with Gasteiger partial charge in [0.05, 0.1) is 6.42 Å². The van der Waals surface area contributed by atoms with Crippen LogP contribution in [0.25, 0.3) is 0 Å². The number of carbonyl (C=O) groups is 2. The second kappa shape index (κ2) is 6.11. The van der Waals surface area contributed by atoms with E-state index in [9.17, 15) is 9.59 Å². The fourth-order valence-corrected chi connectivity index (χ4v) is 1.15. The molecule has 0 atom stereocenters. The van der Waals surface area contributed by atoms with Crippen LogP contribution in [0.1, 0.15) is 12.3 Å². The predicted molar refractivity (Wildman–Crippen MR) is 53.0 cm³/mol. The molecule has 1 rings (SSSR count). The zero-order chi connectivity index (χ0) is 12.0. The summed E-state index contributed by atoms with van der Waals surface area (Å²) in [6, 6.07) is 0. The summed E-state index contributed by atoms with van der Waals surface area (Å²) in [6.07, 6.45) is 1.43. The van der Waals surface area contributed by atoms with Crippen molar-refractivity contribution in [3.05, 3.63) is 5.89 Å². The van der Waals surface area contributed by atoms with Gasteiger partial charge in [0.1, 0.15) is 13.0 Å². The van der Waals surface area contributed by atoms with E-state index in [1.54, 1.807) is 6.26 Å². The number of carboxylic acids is 1. The molecule has 0 aromatic carbocycles. The van der Waals surface area contributed by atoms with Gasteiger partial charge < -0.3 is 14.3 Å². The molecule has 0 saturated carbocycles. The molecule has 1 aromatic rings. The molecule has 0 amide bonds. The van der Waals surface area contributed by atoms with E-state index in [1.807, 2.05) is 0 Å². The summed E-state index contributed by atoms with van der Waals surface area (Å²) in [4.78, 5) is 21.0. The summed E-state index contributed by atoms with van der Waals surface area (Å²) in [7, 11) is 0. The fraction of sp³-hybridized carbons (Fsp3) is 0.500. The van der Waals surface area contributed by atoms with Crippen LogP contribution in [0.5, 0.6) is 0 Å². The lowest BCUT2D eigenvalue weighted by Gasteiger charge is -1.99. The number of rotatable bonds is 6. The van der Waals surface area contributed by atoms with Crippen molar-refractivity contribution < 1.29 is 23.8 Å². The molecule has 0 fully saturated rings. The average Bonchev–Trinajstić information content (AvgIpc) is 2.64. The van der Waals surface area contributed by atoms with E-state index in [1.165, 1.54) is 11.8 Å². The van der Waals surface area contributed by atoms with Crippen molar-refractivity contribution in [3.8, 4) is 0 Å². The highest BCUT2D eigenvalue weighted by Crippen LogP contribution is 2.11. The summed E-state index contributed by atoms with van der Waals surface area (Å²) in [5.74, 6) is -1.64. The number of hydrogen-bond donors (Lipinski definition) is 1. The van der Waals surface area contributed by atoms with Gasteiger partial charge in [-0.1, -0.05) is 11.8 Å². The molecule has 0 spiro atoms. The Morgan fingerprint density at radius 2 is 2.25 bits per heavy atom. The van der Waals surface area contributed by atoms with Crippen LogP contribution < -0.4 is 0 Å². The normalized spacial score (nSPS) is 10.1. The Hall–Kier alpha value is -1.57. The van der Waals surface area contributed by atoms with Crippen molar-refractivity contribution in [3.63, 3.8) is 0 Å². The Balaban J connectivity index is 2.25. The molecule has 0 saturated heterocycles. The Labute approximate surface area is 95.2 Å². The minimum absolute atomic E-state index is 0.0299. The second-order valence-electron chi connectivity index (χ2n) is 2.71. The van der Waals surface area contributed by atoms with Crippen LogP contribution in [-0.2, 0) is 20.7 Å². The van der Waals surface area contributed by atoms with Crippen molar-refractivity contribution in [2.45, 2.75) is 18.1 Å². The highest BCUT2D eigenvalue weighted by Gasteiger charge is 2.10. The molecular weight excluding hydrogens is 236 g/mol. The van der Waals surface area contributed by atoms with Gasteiger partial charge in [-0.15, -0.1) is 10.2 Å². The topological polar surface area (TPSA) is 103 Å². The third kappa shape index (κ3) is 4.30. The summed E-state index contributed by atoms with van der Waals surface area (Å²) in [5, 5.41) is 16.1. The van der Waals surface area contributed by atoms with Crippen LogP contribution in [0.4, 0.5) is 0 Å². The summed E-state index contributed by atoms with van der Waals surface area (Å²) < 4.78 is 9.77. The average molecular weight is 246 g/mol. The second-order valence-corrected chi connectivity index (χ2v) is 3.46. The lowest BCUT2D eigenvalue weighted by Crippen LogP contribution is -2.12. The number of carboxylic acid groups (broad SMARTS) is 1. The van der Waals surface area contributed by atoms with Gasteiger partial charge in [0, 0.05) is 0 Å². The van der Waals surface area contributed by atoms with Crippen LogP contribution >= 0.6 is 11.8 Å². The van der Waals surface area contributed by atoms with E-state index in [0.29, 0.717) is 11.1 Å². The lowest BCUT2D eigenvalue weighted by atomic mass is 10.4. The maximum absolute atomic E-state index is 10.8. The molecule has 88 valence electrons. The molecular formula is C8H10N2O5S. The number of carbonyl (C=O) groups excluding carboxylic acids is 1. The first kappa shape index (κ1) is 12.5. The molecule has 0 bridgehead atoms. The smallest absolute Gasteiger partial charge is 0.317 e. The first-order chi connectivity index (χ1) is 7.61. The molecule has 0 radical (unpaired) electrons. The summed E-state index contributed by atoms with van der Waals surface area (Å²) in [6.45, 7) is 0.0299. The molecule has 0 aliphatic heterocycles. The number of thioether (sulfide) groups is 1. The fourth-order valence-electron chi connectivity index (χ4n) is 0.848. The number of aliphatic carboxylic acids is 1. The molecule has 0 aliphatic rings. The monoisotopic (exact) mass is 246 g/mol. The van der Waals surface area contributed by atoms with Crippen molar-refractivity contribution in [1.29, 1.82) is 0 Å². The Morgan fingerprint density at radius 1 is 1.50 bits per heavy atom. The molecule has 16 heavy (non-hydrogen) atoms. The van der Waals surface area contributed by atoms with Gasteiger partial charge in [-0.3, -0.25) is 9.59 Å². The molecule has 1 aromatic heterocycles. The van der Waals surface area contributed by atoms with E-state index in [4.69, 9.17) is 9.52 Å². The molecule has 7 nitrogen and oxygen atoms in total. The number of aromatic nitrogens is 2. The number of hydrogen-bond acceptors (Lipinski definition) is 7. The maximum Gasteiger partial charge on any atom is 0.317 e. The Bertz CT molecular complexity index is 378. The first-order valence-corrected chi connectivity index (χ1v) is 5.58. The first-order valence-electron chi connectivity index (χ1n) is 4.35. The van der Waals surface area contributed by atoms with Gasteiger partial charge in [0.15, 0.2) is 0 Å². The maximum atomic E-state index is 10.8. The van der Waals surface area contributed by atoms with E-state index < -0.39 is 18.4 Å². The van der Waals surface area contributed by atoms with Crippen molar-refractivity contribution in [2.24, 2.45) is 0 Å². The Morgan fingerprint density at radius 3 is 2.81 bits per heavy atom. The molecule has 1 heterocycles. The summed E-state index contributed by atoms with van der Waals surface area (Å²) in [5.41, 5.74) is 0. The van der Waals surface area contributed by atoms with Crippen LogP contribution in [0.3, 0.4) is 0 Å². The molecule has 0 unspecified atom stereocenters. The van der Waals surface area contributed by atoms with Gasteiger partial charge >= 0.3 is 11.9 Å². The van der Waals surface area contributed by atoms with Crippen LogP contribution in [-0.4, -0.2) is 40.1 Å². The van der Waals surface area contributed by atoms with Crippen molar-refractivity contribution in [1.82, 2.24) is 10.2 Å². The minimum Gasteiger partial charge on any atom is -0.481 e. The standard InChI is InChI=1S/C8H10N2O5S/c1-16-8-10-9-5(15-8)2-3-14-7(13)4-6(11)12/h2-4H2,1H3,(H,11,12). The third-order valence-corrected chi connectivity index (χ3v) is 2.01. The molecule has 1 N–H and O–H groups in total. The van der Waals surface area contributed by atoms with Crippen LogP contribution in [0.15, 0.2) is 9.64 Å². The third-order valence-electron chi connectivity index (χ3n) is 1.50. The number of esters is 1. The van der Waals surface area contributed by atoms with E-state index in [-0.39, 0.29) is 13.0 Å². The number of ether oxygens (including phenoxy) is 1. The van der Waals surface area contributed by atoms with Crippen LogP contribution in [0.2, 0.25) is 0 Å². The van der Waals surface area contributed by atoms with Gasteiger partial charge in [0.2, 0.25) is 5.89 Å². The van der Waals surface area contributed by atoms with Gasteiger partial charge in [-0.2, -0.15) is 0 Å². The van der Waals surface area contributed by atoms with E-state index >= 15 is 0 Å². The molecule has 0 aliphatic carbocycles. The SMILES string of the molecule is CSc1nnc(CCOC(=O)CC(=O)O)o1. The predicted octanol–water partition coefficient (Wildman–Crippen LogP) is 0.352. The zero-order valence-corrected chi connectivity index (χ0v) is 9.32. The van der Waals surface area contributed by atoms with Crippen molar-refractivity contribution in [2.75, 3.05) is 12.9 Å².